The van der Waals surface area contributed by atoms with Crippen LogP contribution < -0.4 is 5.43 Å². The lowest BCUT2D eigenvalue weighted by Gasteiger charge is -1.92. The van der Waals surface area contributed by atoms with Crippen molar-refractivity contribution in [1.82, 2.24) is 5.43 Å². The lowest BCUT2D eigenvalue weighted by Crippen LogP contribution is -1.97. The van der Waals surface area contributed by atoms with Crippen LogP contribution in [0.4, 0.5) is 0 Å². The first kappa shape index (κ1) is 7.27. The van der Waals surface area contributed by atoms with Crippen LogP contribution >= 0.6 is 0 Å². The Kier molecular flexibility index (Phi) is 5.70. The van der Waals surface area contributed by atoms with Gasteiger partial charge in [0.25, 0.3) is 0 Å². The molecule has 0 heterocycles. The van der Waals surface area contributed by atoms with Gasteiger partial charge >= 0.3 is 0 Å². The third-order valence-corrected chi connectivity index (χ3v) is 0.578. The van der Waals surface area contributed by atoms with Crippen molar-refractivity contribution in [2.24, 2.45) is 5.10 Å². The number of nitrogens with zero attached hydrogens (tertiary/aromatic N) is 1. The van der Waals surface area contributed by atoms with Crippen LogP contribution in [0.3, 0.4) is 0 Å². The summed E-state index contributed by atoms with van der Waals surface area (Å²) in [5, 5.41) is 3.61. The van der Waals surface area contributed by atoms with E-state index >= 15 is 0 Å². The van der Waals surface area contributed by atoms with Crippen molar-refractivity contribution in [3.63, 3.8) is 0 Å². The molecule has 0 unspecified atom stereocenters. The summed E-state index contributed by atoms with van der Waals surface area (Å²) in [6, 6.07) is 0. The van der Waals surface area contributed by atoms with E-state index in [4.69, 9.17) is 4.74 Å². The van der Waals surface area contributed by atoms with Crippen molar-refractivity contribution < 1.29 is 4.74 Å². The highest BCUT2D eigenvalue weighted by atomic mass is 16.5. The number of nitrogens with one attached hydrogen (secondary N) is 1. The minimum atomic E-state index is 0.741. The van der Waals surface area contributed by atoms with Gasteiger partial charge in [-0.25, -0.2) is 0 Å². The van der Waals surface area contributed by atoms with Crippen LogP contribution in [-0.2, 0) is 4.74 Å². The number of rotatable bonds is 4. The lowest BCUT2D eigenvalue weighted by atomic mass is 10.5. The van der Waals surface area contributed by atoms with E-state index in [1.54, 1.807) is 7.05 Å². The highest BCUT2D eigenvalue weighted by Crippen LogP contribution is 1.73. The molecular weight excluding hydrogens is 104 g/mol. The molecule has 0 atom stereocenters. The predicted octanol–water partition coefficient (Wildman–Crippen LogP) is 0.576. The van der Waals surface area contributed by atoms with Crippen molar-refractivity contribution in [2.45, 2.75) is 13.3 Å². The van der Waals surface area contributed by atoms with E-state index in [1.807, 2.05) is 6.92 Å². The molecule has 0 bridgehead atoms. The summed E-state index contributed by atoms with van der Waals surface area (Å²) in [6.07, 6.45) is 2.43. The van der Waals surface area contributed by atoms with Gasteiger partial charge in [-0.05, 0) is 6.42 Å². The summed E-state index contributed by atoms with van der Waals surface area (Å²) >= 11 is 0. The molecule has 0 saturated carbocycles. The maximum absolute atomic E-state index is 4.87. The van der Waals surface area contributed by atoms with Crippen molar-refractivity contribution in [1.29, 1.82) is 0 Å². The van der Waals surface area contributed by atoms with Gasteiger partial charge < -0.3 is 10.2 Å². The van der Waals surface area contributed by atoms with Crippen molar-refractivity contribution in [2.75, 3.05) is 13.7 Å². The third kappa shape index (κ3) is 5.27. The molecule has 0 aliphatic rings. The van der Waals surface area contributed by atoms with Crippen LogP contribution in [0, 0.1) is 0 Å². The van der Waals surface area contributed by atoms with E-state index in [1.165, 1.54) is 6.40 Å². The molecule has 48 valence electrons. The van der Waals surface area contributed by atoms with Gasteiger partial charge in [-0.1, -0.05) is 6.92 Å². The fraction of sp³-hybridized carbons (Fsp3) is 0.800. The number of hydrogen-bond acceptors (Lipinski definition) is 3. The zero-order valence-corrected chi connectivity index (χ0v) is 5.35. The fourth-order valence-electron chi connectivity index (χ4n) is 0.261. The van der Waals surface area contributed by atoms with Gasteiger partial charge in [-0.15, -0.1) is 0 Å². The standard InChI is InChI=1S/C5H12N2O/c1-3-4-8-5-7-6-2/h5-6H,3-4H2,1-2H3/b7-5-. The van der Waals surface area contributed by atoms with Crippen LogP contribution in [-0.4, -0.2) is 20.1 Å². The number of ether oxygens (including phenoxy) is 1. The molecule has 0 fully saturated rings. The van der Waals surface area contributed by atoms with Crippen LogP contribution in [0.1, 0.15) is 13.3 Å². The van der Waals surface area contributed by atoms with Gasteiger partial charge in [0.1, 0.15) is 0 Å². The average Bonchev–Trinajstić information content (AvgIpc) is 1.81. The first-order valence-corrected chi connectivity index (χ1v) is 2.71. The van der Waals surface area contributed by atoms with Gasteiger partial charge in [0, 0.05) is 7.05 Å². The molecule has 0 rings (SSSR count). The second-order valence-electron chi connectivity index (χ2n) is 1.33. The van der Waals surface area contributed by atoms with Crippen LogP contribution in [0.15, 0.2) is 5.10 Å². The maximum Gasteiger partial charge on any atom is 0.192 e. The highest BCUT2D eigenvalue weighted by molar-refractivity contribution is 5.45. The average molecular weight is 116 g/mol. The Balaban J connectivity index is 2.80. The van der Waals surface area contributed by atoms with E-state index in [9.17, 15) is 0 Å². The smallest absolute Gasteiger partial charge is 0.192 e. The van der Waals surface area contributed by atoms with Gasteiger partial charge in [0.2, 0.25) is 0 Å². The summed E-state index contributed by atoms with van der Waals surface area (Å²) in [7, 11) is 1.73. The van der Waals surface area contributed by atoms with Crippen molar-refractivity contribution >= 4 is 6.40 Å². The molecule has 0 amide bonds. The normalized spacial score (nSPS) is 9.75. The summed E-state index contributed by atoms with van der Waals surface area (Å²) < 4.78 is 4.87. The Hall–Kier alpha value is -0.730. The van der Waals surface area contributed by atoms with Crippen molar-refractivity contribution in [3.05, 3.63) is 0 Å². The Morgan fingerprint density at radius 2 is 2.50 bits per heavy atom. The summed E-state index contributed by atoms with van der Waals surface area (Å²) in [6.45, 7) is 2.79. The second-order valence-corrected chi connectivity index (χ2v) is 1.33. The molecule has 0 aromatic rings. The molecule has 0 aromatic heterocycles. The molecule has 1 N–H and O–H groups in total. The highest BCUT2D eigenvalue weighted by Gasteiger charge is 1.72. The second kappa shape index (κ2) is 6.27. The molecule has 3 nitrogen and oxygen atoms in total. The summed E-state index contributed by atoms with van der Waals surface area (Å²) in [5.41, 5.74) is 2.57. The lowest BCUT2D eigenvalue weighted by molar-refractivity contribution is 0.317. The largest absolute Gasteiger partial charge is 0.482 e. The maximum atomic E-state index is 4.87. The zero-order chi connectivity index (χ0) is 6.24. The van der Waals surface area contributed by atoms with Gasteiger partial charge in [0.05, 0.1) is 6.61 Å². The van der Waals surface area contributed by atoms with E-state index in [2.05, 4.69) is 10.5 Å². The molecule has 8 heavy (non-hydrogen) atoms. The van der Waals surface area contributed by atoms with E-state index in [-0.39, 0.29) is 0 Å². The molecule has 0 aliphatic heterocycles. The molecule has 0 saturated heterocycles. The monoisotopic (exact) mass is 116 g/mol. The Labute approximate surface area is 49.7 Å². The van der Waals surface area contributed by atoms with E-state index < -0.39 is 0 Å². The summed E-state index contributed by atoms with van der Waals surface area (Å²) in [4.78, 5) is 0. The first-order chi connectivity index (χ1) is 3.91. The van der Waals surface area contributed by atoms with Crippen LogP contribution in [0.2, 0.25) is 0 Å². The molecule has 0 aromatic carbocycles. The third-order valence-electron chi connectivity index (χ3n) is 0.578. The van der Waals surface area contributed by atoms with Crippen molar-refractivity contribution in [3.8, 4) is 0 Å². The van der Waals surface area contributed by atoms with Gasteiger partial charge in [-0.2, -0.15) is 5.10 Å². The minimum Gasteiger partial charge on any atom is -0.482 e. The zero-order valence-electron chi connectivity index (χ0n) is 5.35. The molecule has 0 radical (unpaired) electrons. The van der Waals surface area contributed by atoms with E-state index in [0.717, 1.165) is 13.0 Å². The van der Waals surface area contributed by atoms with Crippen LogP contribution in [0.25, 0.3) is 0 Å². The molecule has 3 heteroatoms. The quantitative estimate of drug-likeness (QED) is 0.252. The van der Waals surface area contributed by atoms with Crippen LogP contribution in [0.5, 0.6) is 0 Å². The molecule has 0 aliphatic carbocycles. The Morgan fingerprint density at radius 1 is 1.75 bits per heavy atom. The fourth-order valence-corrected chi connectivity index (χ4v) is 0.261. The SMILES string of the molecule is CCCO/C=N\NC. The summed E-state index contributed by atoms with van der Waals surface area (Å²) in [5.74, 6) is 0. The minimum absolute atomic E-state index is 0.741. The first-order valence-electron chi connectivity index (χ1n) is 2.71. The van der Waals surface area contributed by atoms with Gasteiger partial charge in [0.15, 0.2) is 6.40 Å². The topological polar surface area (TPSA) is 33.6 Å². The van der Waals surface area contributed by atoms with Gasteiger partial charge in [-0.3, -0.25) is 0 Å². The Morgan fingerprint density at radius 3 is 3.00 bits per heavy atom. The Bertz CT molecular complexity index is 63.4. The number of hydrazone groups is 1. The molecular formula is C5H12N2O. The predicted molar refractivity (Wildman–Crippen MR) is 33.8 cm³/mol. The number of hydrogen-bond donors (Lipinski definition) is 1. The van der Waals surface area contributed by atoms with E-state index in [0.29, 0.717) is 0 Å². The molecule has 0 spiro atoms.